The molecule has 1 unspecified atom stereocenters. The monoisotopic (exact) mass is 133 g/mol. The molecule has 7 heavy (non-hydrogen) atoms. The summed E-state index contributed by atoms with van der Waals surface area (Å²) in [6.45, 7) is 4.24. The van der Waals surface area contributed by atoms with Crippen LogP contribution in [0.4, 0.5) is 0 Å². The zero-order chi connectivity index (χ0) is 5.70. The summed E-state index contributed by atoms with van der Waals surface area (Å²) >= 11 is 5.90. The Kier molecular flexibility index (Phi) is 5.45. The lowest BCUT2D eigenvalue weighted by molar-refractivity contribution is 1.38. The van der Waals surface area contributed by atoms with Crippen molar-refractivity contribution >= 4 is 31.7 Å². The first kappa shape index (κ1) is 7.76. The Bertz CT molecular complexity index is 40.7. The minimum Gasteiger partial charge on any atom is -0.168 e. The Morgan fingerprint density at radius 2 is 2.43 bits per heavy atom. The fraction of sp³-hybridized carbons (Fsp3) is 1.00. The van der Waals surface area contributed by atoms with Crippen molar-refractivity contribution < 1.29 is 0 Å². The molecule has 0 aliphatic rings. The summed E-state index contributed by atoms with van der Waals surface area (Å²) < 4.78 is 0. The molecule has 0 saturated carbocycles. The highest BCUT2D eigenvalue weighted by Gasteiger charge is 1.94. The van der Waals surface area contributed by atoms with Crippen molar-refractivity contribution in [3.05, 3.63) is 0 Å². The smallest absolute Gasteiger partial charge is 0.123 e. The molecule has 0 aromatic heterocycles. The molecule has 0 heterocycles. The number of hydrogen-bond donors (Lipinski definition) is 1. The molecule has 1 atom stereocenters. The van der Waals surface area contributed by atoms with Gasteiger partial charge in [-0.1, -0.05) is 13.7 Å². The summed E-state index contributed by atoms with van der Waals surface area (Å²) in [5.74, 6) is 0. The van der Waals surface area contributed by atoms with Gasteiger partial charge in [-0.25, -0.2) is 0 Å². The van der Waals surface area contributed by atoms with Gasteiger partial charge in [0.25, 0.3) is 0 Å². The van der Waals surface area contributed by atoms with Gasteiger partial charge in [-0.05, 0) is 5.15 Å². The maximum Gasteiger partial charge on any atom is 0.123 e. The van der Waals surface area contributed by atoms with Crippen LogP contribution in [0.3, 0.4) is 0 Å². The van der Waals surface area contributed by atoms with Gasteiger partial charge in [0.2, 0.25) is 0 Å². The highest BCUT2D eigenvalue weighted by molar-refractivity contribution is 8.10. The predicted octanol–water partition coefficient (Wildman–Crippen LogP) is 1.71. The number of hydrogen-bond acceptors (Lipinski definition) is 2. The van der Waals surface area contributed by atoms with Crippen molar-refractivity contribution in [3.8, 4) is 0 Å². The molecule has 0 rings (SSSR count). The van der Waals surface area contributed by atoms with E-state index in [0.29, 0.717) is 5.15 Å². The Hall–Kier alpha value is 0.765. The first-order valence-corrected chi connectivity index (χ1v) is 4.01. The van der Waals surface area contributed by atoms with E-state index in [1.807, 2.05) is 11.8 Å². The lowest BCUT2D eigenvalue weighted by Gasteiger charge is -2.01. The third-order valence-electron chi connectivity index (χ3n) is 0.807. The first-order chi connectivity index (χ1) is 3.31. The first-order valence-electron chi connectivity index (χ1n) is 2.33. The molecule has 0 aliphatic carbocycles. The lowest BCUT2D eigenvalue weighted by atomic mass is 9.79. The molecule has 41 valence electrons. The molecule has 0 fully saturated rings. The molecule has 0 aliphatic heterocycles. The molecule has 0 spiro atoms. The summed E-state index contributed by atoms with van der Waals surface area (Å²) in [6.07, 6.45) is 0. The van der Waals surface area contributed by atoms with Crippen molar-refractivity contribution in [2.45, 2.75) is 18.9 Å². The Labute approximate surface area is 56.1 Å². The fourth-order valence-corrected chi connectivity index (χ4v) is 1.35. The van der Waals surface area contributed by atoms with E-state index in [9.17, 15) is 0 Å². The molecular formula is C4H10BS2. The summed E-state index contributed by atoms with van der Waals surface area (Å²) in [5, 5.41) is 1.59. The average molecular weight is 133 g/mol. The van der Waals surface area contributed by atoms with E-state index in [0.717, 1.165) is 5.08 Å². The molecular weight excluding hydrogens is 123 g/mol. The number of rotatable bonds is 3. The van der Waals surface area contributed by atoms with Crippen LogP contribution in [0.2, 0.25) is 6.82 Å². The van der Waals surface area contributed by atoms with Crippen molar-refractivity contribution in [2.75, 3.05) is 5.08 Å². The van der Waals surface area contributed by atoms with E-state index in [1.54, 1.807) is 0 Å². The molecule has 0 amide bonds. The van der Waals surface area contributed by atoms with Crippen LogP contribution in [-0.4, -0.2) is 17.5 Å². The van der Waals surface area contributed by atoms with E-state index < -0.39 is 0 Å². The van der Waals surface area contributed by atoms with Crippen molar-refractivity contribution in [1.29, 1.82) is 0 Å². The molecule has 1 radical (unpaired) electrons. The van der Waals surface area contributed by atoms with Crippen LogP contribution in [0.15, 0.2) is 0 Å². The second-order valence-electron chi connectivity index (χ2n) is 1.33. The van der Waals surface area contributed by atoms with Gasteiger partial charge in [0.15, 0.2) is 0 Å². The van der Waals surface area contributed by atoms with Crippen LogP contribution >= 0.6 is 24.4 Å². The molecule has 0 aromatic carbocycles. The normalized spacial score (nSPS) is 13.6. The Morgan fingerprint density at radius 1 is 1.86 bits per heavy atom. The van der Waals surface area contributed by atoms with Crippen molar-refractivity contribution in [3.63, 3.8) is 0 Å². The largest absolute Gasteiger partial charge is 0.168 e. The van der Waals surface area contributed by atoms with Gasteiger partial charge in [0.1, 0.15) is 7.28 Å². The van der Waals surface area contributed by atoms with E-state index in [4.69, 9.17) is 0 Å². The van der Waals surface area contributed by atoms with Gasteiger partial charge >= 0.3 is 0 Å². The third-order valence-corrected chi connectivity index (χ3v) is 2.20. The van der Waals surface area contributed by atoms with Gasteiger partial charge in [0, 0.05) is 5.08 Å². The topological polar surface area (TPSA) is 0 Å². The van der Waals surface area contributed by atoms with Crippen LogP contribution in [-0.2, 0) is 0 Å². The minimum absolute atomic E-state index is 0.664. The second kappa shape index (κ2) is 4.91. The summed E-state index contributed by atoms with van der Waals surface area (Å²) in [4.78, 5) is 0. The van der Waals surface area contributed by atoms with Gasteiger partial charge in [-0.15, -0.1) is 0 Å². The SMILES string of the molecule is C[B]C(C)SCS. The Balaban J connectivity index is 2.83. The van der Waals surface area contributed by atoms with Crippen LogP contribution in [0.5, 0.6) is 0 Å². The summed E-state index contributed by atoms with van der Waals surface area (Å²) in [6, 6.07) is 0. The highest BCUT2D eigenvalue weighted by atomic mass is 32.2. The van der Waals surface area contributed by atoms with Crippen LogP contribution in [0.25, 0.3) is 0 Å². The van der Waals surface area contributed by atoms with Crippen molar-refractivity contribution in [2.24, 2.45) is 0 Å². The molecule has 0 N–H and O–H groups in total. The molecule has 0 saturated heterocycles. The number of thioether (sulfide) groups is 1. The predicted molar refractivity (Wildman–Crippen MR) is 42.5 cm³/mol. The van der Waals surface area contributed by atoms with E-state index in [2.05, 4.69) is 33.7 Å². The molecule has 0 bridgehead atoms. The maximum atomic E-state index is 4.06. The quantitative estimate of drug-likeness (QED) is 0.347. The lowest BCUT2D eigenvalue weighted by Crippen LogP contribution is -2.02. The molecule has 0 aromatic rings. The summed E-state index contributed by atoms with van der Waals surface area (Å²) in [5.41, 5.74) is 0. The molecule has 3 heteroatoms. The third kappa shape index (κ3) is 4.62. The van der Waals surface area contributed by atoms with Gasteiger partial charge in [0.05, 0.1) is 0 Å². The van der Waals surface area contributed by atoms with E-state index in [1.165, 1.54) is 0 Å². The van der Waals surface area contributed by atoms with Gasteiger partial charge in [-0.2, -0.15) is 24.4 Å². The Morgan fingerprint density at radius 3 is 2.57 bits per heavy atom. The zero-order valence-electron chi connectivity index (χ0n) is 4.72. The molecule has 0 nitrogen and oxygen atoms in total. The van der Waals surface area contributed by atoms with Crippen LogP contribution in [0.1, 0.15) is 6.92 Å². The van der Waals surface area contributed by atoms with Crippen LogP contribution in [0, 0.1) is 0 Å². The fourth-order valence-electron chi connectivity index (χ4n) is 0.214. The van der Waals surface area contributed by atoms with Crippen molar-refractivity contribution in [1.82, 2.24) is 0 Å². The maximum absolute atomic E-state index is 4.06. The minimum atomic E-state index is 0.664. The average Bonchev–Trinajstić information content (AvgIpc) is 1.68. The van der Waals surface area contributed by atoms with E-state index >= 15 is 0 Å². The van der Waals surface area contributed by atoms with Gasteiger partial charge in [-0.3, -0.25) is 0 Å². The summed E-state index contributed by atoms with van der Waals surface area (Å²) in [7, 11) is 2.17. The van der Waals surface area contributed by atoms with Crippen LogP contribution < -0.4 is 0 Å². The zero-order valence-corrected chi connectivity index (χ0v) is 6.43. The van der Waals surface area contributed by atoms with Gasteiger partial charge < -0.3 is 0 Å². The van der Waals surface area contributed by atoms with E-state index in [-0.39, 0.29) is 0 Å². The highest BCUT2D eigenvalue weighted by Crippen LogP contribution is 2.08. The standard InChI is InChI=1S/C4H10BS2/c1-4(5-2)7-3-6/h4,6H,3H2,1-2H3. The number of thiol groups is 1. The second-order valence-corrected chi connectivity index (χ2v) is 3.44.